The van der Waals surface area contributed by atoms with Gasteiger partial charge < -0.3 is 9.84 Å². The summed E-state index contributed by atoms with van der Waals surface area (Å²) in [6.07, 6.45) is 0. The number of hydrogen-bond acceptors (Lipinski definition) is 6. The first-order valence-corrected chi connectivity index (χ1v) is 10.5. The molecule has 1 aliphatic heterocycles. The predicted molar refractivity (Wildman–Crippen MR) is 122 cm³/mol. The van der Waals surface area contributed by atoms with Gasteiger partial charge in [0.25, 0.3) is 17.4 Å². The lowest BCUT2D eigenvalue weighted by molar-refractivity contribution is -0.384. The maximum absolute atomic E-state index is 14.0. The number of aliphatic hydroxyl groups is 1. The van der Waals surface area contributed by atoms with Gasteiger partial charge in [0.05, 0.1) is 23.1 Å². The molecule has 1 unspecified atom stereocenters. The molecule has 1 aliphatic rings. The van der Waals surface area contributed by atoms with Gasteiger partial charge in [-0.25, -0.2) is 8.78 Å². The fraction of sp³-hybridized carbons (Fsp3) is 0.120. The van der Waals surface area contributed by atoms with Crippen molar-refractivity contribution in [1.82, 2.24) is 0 Å². The number of carbonyl (C=O) groups is 2. The van der Waals surface area contributed by atoms with E-state index in [9.17, 15) is 33.6 Å². The first-order chi connectivity index (χ1) is 16.7. The van der Waals surface area contributed by atoms with E-state index in [0.717, 1.165) is 29.2 Å². The Balaban J connectivity index is 1.93. The first-order valence-electron chi connectivity index (χ1n) is 10.5. The van der Waals surface area contributed by atoms with Gasteiger partial charge in [-0.1, -0.05) is 24.3 Å². The average molecular weight is 480 g/mol. The average Bonchev–Trinajstić information content (AvgIpc) is 3.11. The number of nitro groups is 1. The molecule has 0 aliphatic carbocycles. The van der Waals surface area contributed by atoms with Crippen molar-refractivity contribution in [2.75, 3.05) is 11.5 Å². The van der Waals surface area contributed by atoms with E-state index in [-0.39, 0.29) is 22.5 Å². The number of rotatable bonds is 6. The lowest BCUT2D eigenvalue weighted by Gasteiger charge is -2.25. The van der Waals surface area contributed by atoms with Crippen LogP contribution >= 0.6 is 0 Å². The van der Waals surface area contributed by atoms with Gasteiger partial charge >= 0.3 is 0 Å². The van der Waals surface area contributed by atoms with Crippen molar-refractivity contribution in [3.63, 3.8) is 0 Å². The lowest BCUT2D eigenvalue weighted by Crippen LogP contribution is -2.29. The van der Waals surface area contributed by atoms with Crippen LogP contribution in [-0.2, 0) is 9.59 Å². The topological polar surface area (TPSA) is 110 Å². The van der Waals surface area contributed by atoms with E-state index in [0.29, 0.717) is 17.9 Å². The number of nitrogens with zero attached hydrogens (tertiary/aromatic N) is 2. The van der Waals surface area contributed by atoms with Gasteiger partial charge in [-0.15, -0.1) is 0 Å². The minimum atomic E-state index is -1.23. The fourth-order valence-corrected chi connectivity index (χ4v) is 3.88. The number of non-ortho nitro benzene ring substituents is 1. The third kappa shape index (κ3) is 4.33. The van der Waals surface area contributed by atoms with Gasteiger partial charge in [-0.2, -0.15) is 0 Å². The number of hydrogen-bond donors (Lipinski definition) is 1. The van der Waals surface area contributed by atoms with Crippen LogP contribution in [-0.4, -0.2) is 28.3 Å². The molecule has 8 nitrogen and oxygen atoms in total. The molecule has 0 aromatic heterocycles. The van der Waals surface area contributed by atoms with Crippen molar-refractivity contribution in [2.45, 2.75) is 13.0 Å². The van der Waals surface area contributed by atoms with E-state index in [1.807, 2.05) is 0 Å². The van der Waals surface area contributed by atoms with Crippen LogP contribution in [0.5, 0.6) is 5.75 Å². The number of ketones is 1. The number of nitro benzene ring substituents is 1. The zero-order chi connectivity index (χ0) is 25.3. The van der Waals surface area contributed by atoms with Crippen molar-refractivity contribution in [1.29, 1.82) is 0 Å². The largest absolute Gasteiger partial charge is 0.507 e. The van der Waals surface area contributed by atoms with Crippen LogP contribution in [0, 0.1) is 21.7 Å². The second kappa shape index (κ2) is 9.34. The number of Topliss-reactive ketones (excluding diaryl/α,β-unsaturated/α-hetero) is 1. The van der Waals surface area contributed by atoms with Crippen LogP contribution in [0.4, 0.5) is 20.2 Å². The molecule has 10 heteroatoms. The third-order valence-corrected chi connectivity index (χ3v) is 5.46. The molecule has 35 heavy (non-hydrogen) atoms. The molecule has 3 aromatic carbocycles. The maximum atomic E-state index is 14.0. The van der Waals surface area contributed by atoms with Crippen LogP contribution in [0.25, 0.3) is 5.76 Å². The molecule has 1 saturated heterocycles. The van der Waals surface area contributed by atoms with Crippen LogP contribution in [0.1, 0.15) is 24.1 Å². The van der Waals surface area contributed by atoms with Gasteiger partial charge in [-0.3, -0.25) is 24.6 Å². The Morgan fingerprint density at radius 1 is 1.06 bits per heavy atom. The number of benzene rings is 3. The van der Waals surface area contributed by atoms with Gasteiger partial charge in [0.15, 0.2) is 11.6 Å². The molecule has 0 saturated carbocycles. The fourth-order valence-electron chi connectivity index (χ4n) is 3.88. The molecular formula is C25H18F2N2O6. The van der Waals surface area contributed by atoms with E-state index >= 15 is 0 Å². The monoisotopic (exact) mass is 480 g/mol. The zero-order valence-electron chi connectivity index (χ0n) is 18.3. The predicted octanol–water partition coefficient (Wildman–Crippen LogP) is 4.90. The Labute approximate surface area is 197 Å². The van der Waals surface area contributed by atoms with Crippen LogP contribution < -0.4 is 9.64 Å². The Morgan fingerprint density at radius 3 is 2.40 bits per heavy atom. The van der Waals surface area contributed by atoms with E-state index in [2.05, 4.69) is 0 Å². The molecule has 3 aromatic rings. The molecule has 1 amide bonds. The summed E-state index contributed by atoms with van der Waals surface area (Å²) in [5.41, 5.74) is -0.489. The number of ether oxygens (including phenoxy) is 1. The summed E-state index contributed by atoms with van der Waals surface area (Å²) in [6, 6.07) is 12.8. The van der Waals surface area contributed by atoms with Gasteiger partial charge in [0.1, 0.15) is 11.5 Å². The molecule has 178 valence electrons. The van der Waals surface area contributed by atoms with Crippen molar-refractivity contribution in [3.8, 4) is 5.75 Å². The summed E-state index contributed by atoms with van der Waals surface area (Å²) in [4.78, 5) is 37.6. The smallest absolute Gasteiger partial charge is 0.300 e. The van der Waals surface area contributed by atoms with Crippen LogP contribution in [0.2, 0.25) is 0 Å². The highest BCUT2D eigenvalue weighted by Gasteiger charge is 2.47. The van der Waals surface area contributed by atoms with Crippen molar-refractivity contribution >= 4 is 28.8 Å². The normalized spacial score (nSPS) is 17.0. The molecular weight excluding hydrogens is 462 g/mol. The molecule has 1 heterocycles. The Morgan fingerprint density at radius 2 is 1.77 bits per heavy atom. The summed E-state index contributed by atoms with van der Waals surface area (Å²) in [5, 5.41) is 22.2. The Kier molecular flexibility index (Phi) is 6.28. The molecule has 1 N–H and O–H groups in total. The highest BCUT2D eigenvalue weighted by Crippen LogP contribution is 2.43. The second-order valence-electron chi connectivity index (χ2n) is 7.58. The summed E-state index contributed by atoms with van der Waals surface area (Å²) in [5.74, 6) is -4.66. The molecule has 4 rings (SSSR count). The standard InChI is InChI=1S/C25H18F2N2O6/c1-2-35-18-9-6-14(7-10-18)22-21(23(30)15-4-3-5-17(12-15)29(33)34)24(31)25(32)28(22)16-8-11-19(26)20(27)13-16/h3-13,22,30H,2H2,1H3/b23-21+. The van der Waals surface area contributed by atoms with Crippen molar-refractivity contribution in [2.24, 2.45) is 0 Å². The van der Waals surface area contributed by atoms with Gasteiger partial charge in [0.2, 0.25) is 0 Å². The number of amides is 1. The van der Waals surface area contributed by atoms with Gasteiger partial charge in [0, 0.05) is 29.4 Å². The van der Waals surface area contributed by atoms with Gasteiger partial charge in [-0.05, 0) is 36.8 Å². The minimum Gasteiger partial charge on any atom is -0.507 e. The molecule has 1 fully saturated rings. The highest BCUT2D eigenvalue weighted by molar-refractivity contribution is 6.51. The SMILES string of the molecule is CCOc1ccc(C2/C(=C(\O)c3cccc([N+](=O)[O-])c3)C(=O)C(=O)N2c2ccc(F)c(F)c2)cc1. The quantitative estimate of drug-likeness (QED) is 0.177. The van der Waals surface area contributed by atoms with E-state index in [4.69, 9.17) is 4.74 Å². The minimum absolute atomic E-state index is 0.0570. The number of halogens is 2. The Hall–Kier alpha value is -4.60. The Bertz CT molecular complexity index is 1370. The third-order valence-electron chi connectivity index (χ3n) is 5.46. The summed E-state index contributed by atoms with van der Waals surface area (Å²) < 4.78 is 33.0. The van der Waals surface area contributed by atoms with Crippen LogP contribution in [0.15, 0.2) is 72.3 Å². The highest BCUT2D eigenvalue weighted by atomic mass is 19.2. The zero-order valence-corrected chi connectivity index (χ0v) is 18.3. The van der Waals surface area contributed by atoms with Crippen molar-refractivity contribution < 1.29 is 33.1 Å². The molecule has 1 atom stereocenters. The second-order valence-corrected chi connectivity index (χ2v) is 7.58. The maximum Gasteiger partial charge on any atom is 0.300 e. The number of aliphatic hydroxyl groups excluding tert-OH is 1. The van der Waals surface area contributed by atoms with Crippen LogP contribution in [0.3, 0.4) is 0 Å². The first kappa shape index (κ1) is 23.6. The summed E-state index contributed by atoms with van der Waals surface area (Å²) >= 11 is 0. The van der Waals surface area contributed by atoms with Crippen molar-refractivity contribution in [3.05, 3.63) is 105 Å². The molecule has 0 radical (unpaired) electrons. The summed E-state index contributed by atoms with van der Waals surface area (Å²) in [6.45, 7) is 2.20. The number of anilines is 1. The van der Waals surface area contributed by atoms with E-state index < -0.39 is 40.0 Å². The molecule has 0 bridgehead atoms. The van der Waals surface area contributed by atoms with E-state index in [1.54, 1.807) is 31.2 Å². The summed E-state index contributed by atoms with van der Waals surface area (Å²) in [7, 11) is 0. The molecule has 0 spiro atoms. The van der Waals surface area contributed by atoms with E-state index in [1.165, 1.54) is 18.2 Å². The lowest BCUT2D eigenvalue weighted by atomic mass is 9.95. The number of carbonyl (C=O) groups excluding carboxylic acids is 2.